The number of carboxylic acids is 2. The topological polar surface area (TPSA) is 74.6 Å². The summed E-state index contributed by atoms with van der Waals surface area (Å²) in [5.74, 6) is -3.59. The summed E-state index contributed by atoms with van der Waals surface area (Å²) in [5, 5.41) is 14.5. The standard InChI is InChI=1S/C4H9.C2HF3O2.C2H4O2.2ClH.Sn.H/c1-3-4-2;3-2(4,5)1(6)7;1-2(3)4;;;;/h1,3-4H2,2H3;(H,6,7);1H3,(H,3,4);2*1H;;/q;;;;;+2;/p-2. The molecular weight excluding hydrogens is 407 g/mol. The van der Waals surface area contributed by atoms with Crippen LogP contribution in [0.2, 0.25) is 4.44 Å². The summed E-state index contributed by atoms with van der Waals surface area (Å²) in [7, 11) is 11.3. The Hall–Kier alpha value is 0.109. The molecule has 0 saturated carbocycles. The number of carboxylic acid groups (broad SMARTS) is 2. The molecule has 0 radical (unpaired) electrons. The third-order valence-corrected chi connectivity index (χ3v) is 6.36. The van der Waals surface area contributed by atoms with E-state index in [0.717, 1.165) is 11.4 Å². The molecule has 0 unspecified atom stereocenters. The first-order chi connectivity index (χ1) is 7.95. The van der Waals surface area contributed by atoms with E-state index in [0.29, 0.717) is 0 Å². The van der Waals surface area contributed by atoms with Crippen molar-refractivity contribution in [1.82, 2.24) is 0 Å². The van der Waals surface area contributed by atoms with Gasteiger partial charge in [-0.25, -0.2) is 4.79 Å². The van der Waals surface area contributed by atoms with Gasteiger partial charge in [-0.2, -0.15) is 13.2 Å². The predicted octanol–water partition coefficient (Wildman–Crippen LogP) is 3.21. The molecule has 0 spiro atoms. The van der Waals surface area contributed by atoms with Crippen molar-refractivity contribution in [2.24, 2.45) is 0 Å². The molecule has 0 heterocycles. The third-order valence-electron chi connectivity index (χ3n) is 1.02. The Bertz CT molecular complexity index is 233. The van der Waals surface area contributed by atoms with Crippen molar-refractivity contribution < 1.29 is 33.0 Å². The second-order valence-corrected chi connectivity index (χ2v) is 15.3. The van der Waals surface area contributed by atoms with E-state index in [4.69, 9.17) is 37.6 Å². The molecule has 0 aliphatic carbocycles. The molecule has 4 nitrogen and oxygen atoms in total. The van der Waals surface area contributed by atoms with E-state index in [1.807, 2.05) is 0 Å². The van der Waals surface area contributed by atoms with E-state index in [9.17, 15) is 13.2 Å². The Kier molecular flexibility index (Phi) is 17.5. The van der Waals surface area contributed by atoms with Gasteiger partial charge in [0.15, 0.2) is 0 Å². The Morgan fingerprint density at radius 1 is 1.22 bits per heavy atom. The fraction of sp³-hybridized carbons (Fsp3) is 0.750. The van der Waals surface area contributed by atoms with Gasteiger partial charge in [0.1, 0.15) is 0 Å². The normalized spacial score (nSPS) is 9.78. The predicted molar refractivity (Wildman–Crippen MR) is 65.6 cm³/mol. The van der Waals surface area contributed by atoms with Crippen LogP contribution in [-0.4, -0.2) is 45.8 Å². The summed E-state index contributed by atoms with van der Waals surface area (Å²) >= 11 is -1.80. The number of alkyl halides is 3. The number of aliphatic carboxylic acids is 2. The van der Waals surface area contributed by atoms with Crippen molar-refractivity contribution in [1.29, 1.82) is 0 Å². The van der Waals surface area contributed by atoms with Crippen LogP contribution in [0.15, 0.2) is 0 Å². The second-order valence-electron chi connectivity index (χ2n) is 2.86. The van der Waals surface area contributed by atoms with Gasteiger partial charge in [0.2, 0.25) is 0 Å². The molecule has 0 aliphatic heterocycles. The maximum Gasteiger partial charge on any atom is 0.490 e. The molecule has 110 valence electrons. The first-order valence-corrected chi connectivity index (χ1v) is 15.4. The van der Waals surface area contributed by atoms with E-state index >= 15 is 0 Å². The molecule has 0 aromatic carbocycles. The van der Waals surface area contributed by atoms with Gasteiger partial charge in [-0.1, -0.05) is 0 Å². The Labute approximate surface area is 117 Å². The summed E-state index contributed by atoms with van der Waals surface area (Å²) in [6, 6.07) is 0. The number of unbranched alkanes of at least 4 members (excludes halogenated alkanes) is 1. The maximum atomic E-state index is 10.6. The van der Waals surface area contributed by atoms with Gasteiger partial charge in [0.05, 0.1) is 0 Å². The molecule has 2 N–H and O–H groups in total. The first-order valence-electron chi connectivity index (χ1n) is 4.72. The smallest absolute Gasteiger partial charge is 0.475 e. The molecule has 10 heteroatoms. The number of hydrogen-bond donors (Lipinski definition) is 2. The van der Waals surface area contributed by atoms with Crippen LogP contribution in [0.1, 0.15) is 26.7 Å². The van der Waals surface area contributed by atoms with Crippen LogP contribution in [0.3, 0.4) is 0 Å². The zero-order valence-electron chi connectivity index (χ0n) is 9.80. The van der Waals surface area contributed by atoms with Crippen molar-refractivity contribution in [2.45, 2.75) is 37.3 Å². The zero-order chi connectivity index (χ0) is 15.4. The number of halogens is 5. The van der Waals surface area contributed by atoms with Gasteiger partial charge in [-0.15, -0.1) is 0 Å². The van der Waals surface area contributed by atoms with E-state index in [-0.39, 0.29) is 0 Å². The van der Waals surface area contributed by atoms with Crippen molar-refractivity contribution in [3.63, 3.8) is 0 Å². The summed E-state index contributed by atoms with van der Waals surface area (Å²) in [5.41, 5.74) is 0. The minimum Gasteiger partial charge on any atom is -0.475 e. The van der Waals surface area contributed by atoms with E-state index in [2.05, 4.69) is 6.92 Å². The summed E-state index contributed by atoms with van der Waals surface area (Å²) in [6.07, 6.45) is -2.62. The molecule has 0 aromatic heterocycles. The van der Waals surface area contributed by atoms with Gasteiger partial charge in [0, 0.05) is 6.92 Å². The van der Waals surface area contributed by atoms with Crippen LogP contribution in [0.4, 0.5) is 13.2 Å². The molecule has 0 aromatic rings. The largest absolute Gasteiger partial charge is 0.490 e. The van der Waals surface area contributed by atoms with Crippen LogP contribution in [0.25, 0.3) is 0 Å². The summed E-state index contributed by atoms with van der Waals surface area (Å²) < 4.78 is 32.9. The fourth-order valence-electron chi connectivity index (χ4n) is 0.358. The molecule has 0 atom stereocenters. The zero-order valence-corrected chi connectivity index (χ0v) is 14.6. The van der Waals surface area contributed by atoms with Crippen LogP contribution >= 0.6 is 17.8 Å². The number of hydrogen-bond acceptors (Lipinski definition) is 2. The average Bonchev–Trinajstić information content (AvgIpc) is 2.13. The molecular formula is C8H15Cl2F3O4Sn. The first kappa shape index (κ1) is 23.2. The Morgan fingerprint density at radius 2 is 1.50 bits per heavy atom. The van der Waals surface area contributed by atoms with Crippen LogP contribution in [0.5, 0.6) is 0 Å². The quantitative estimate of drug-likeness (QED) is 0.686. The minimum absolute atomic E-state index is 0.833. The molecule has 0 aliphatic rings. The van der Waals surface area contributed by atoms with Crippen LogP contribution in [0, 0.1) is 0 Å². The van der Waals surface area contributed by atoms with Crippen LogP contribution in [-0.2, 0) is 9.59 Å². The molecule has 0 amide bonds. The van der Waals surface area contributed by atoms with Gasteiger partial charge in [-0.3, -0.25) is 4.79 Å². The van der Waals surface area contributed by atoms with Gasteiger partial charge in [0.25, 0.3) is 5.97 Å². The average molecular weight is 422 g/mol. The molecule has 18 heavy (non-hydrogen) atoms. The Morgan fingerprint density at radius 3 is 1.56 bits per heavy atom. The summed E-state index contributed by atoms with van der Waals surface area (Å²) in [6.45, 7) is 3.24. The van der Waals surface area contributed by atoms with Crippen LogP contribution < -0.4 is 0 Å². The molecule has 0 bridgehead atoms. The monoisotopic (exact) mass is 422 g/mol. The minimum atomic E-state index is -5.08. The molecule has 0 saturated heterocycles. The number of rotatable bonds is 3. The molecule has 0 fully saturated rings. The third kappa shape index (κ3) is 36.0. The summed E-state index contributed by atoms with van der Waals surface area (Å²) in [4.78, 5) is 17.9. The van der Waals surface area contributed by atoms with Crippen molar-refractivity contribution >= 4 is 47.3 Å². The van der Waals surface area contributed by atoms with Crippen molar-refractivity contribution in [3.05, 3.63) is 0 Å². The van der Waals surface area contributed by atoms with E-state index in [1.54, 1.807) is 0 Å². The van der Waals surface area contributed by atoms with E-state index in [1.165, 1.54) is 12.8 Å². The fourth-order valence-corrected chi connectivity index (χ4v) is 4.47. The van der Waals surface area contributed by atoms with Crippen molar-refractivity contribution in [2.75, 3.05) is 0 Å². The second kappa shape index (κ2) is 13.5. The number of carbonyl (C=O) groups is 2. The van der Waals surface area contributed by atoms with Gasteiger partial charge in [-0.05, 0) is 0 Å². The Balaban J connectivity index is -0.000000196. The SMILES string of the molecule is CC(=O)O.CCC[CH2][SnH]([Cl])[Cl].O=C(O)C(F)(F)F. The van der Waals surface area contributed by atoms with Gasteiger partial charge < -0.3 is 10.2 Å². The van der Waals surface area contributed by atoms with E-state index < -0.39 is 35.6 Å². The van der Waals surface area contributed by atoms with Gasteiger partial charge >= 0.3 is 71.7 Å². The molecule has 0 rings (SSSR count). The van der Waals surface area contributed by atoms with Crippen molar-refractivity contribution in [3.8, 4) is 0 Å². The maximum absolute atomic E-state index is 10.6.